The molecule has 0 aromatic heterocycles. The molecule has 4 rings (SSSR count). The summed E-state index contributed by atoms with van der Waals surface area (Å²) in [6, 6.07) is 19.9. The molecule has 1 N–H and O–H groups in total. The summed E-state index contributed by atoms with van der Waals surface area (Å²) in [5, 5.41) is 12.2. The predicted octanol–water partition coefficient (Wildman–Crippen LogP) is 3.85. The summed E-state index contributed by atoms with van der Waals surface area (Å²) >= 11 is 0. The average molecular weight is 323 g/mol. The molecule has 0 radical (unpaired) electrons. The SMILES string of the molecule is O=C(O)c1cccc(N2OOC(c3cccc4ccccc34)O2)c1. The molecular weight excluding hydrogens is 310 g/mol. The van der Waals surface area contributed by atoms with E-state index >= 15 is 0 Å². The van der Waals surface area contributed by atoms with Gasteiger partial charge in [0.2, 0.25) is 6.29 Å². The van der Waals surface area contributed by atoms with E-state index in [1.807, 2.05) is 42.5 Å². The van der Waals surface area contributed by atoms with Crippen LogP contribution in [0.4, 0.5) is 5.69 Å². The lowest BCUT2D eigenvalue weighted by molar-refractivity contribution is -0.286. The summed E-state index contributed by atoms with van der Waals surface area (Å²) in [6.45, 7) is 0. The number of aromatic carboxylic acids is 1. The quantitative estimate of drug-likeness (QED) is 0.738. The number of hydrogen-bond acceptors (Lipinski definition) is 5. The molecule has 1 saturated heterocycles. The van der Waals surface area contributed by atoms with E-state index in [1.165, 1.54) is 12.1 Å². The van der Waals surface area contributed by atoms with Crippen LogP contribution < -0.4 is 5.23 Å². The van der Waals surface area contributed by atoms with Gasteiger partial charge < -0.3 is 5.11 Å². The molecule has 0 bridgehead atoms. The highest BCUT2D eigenvalue weighted by molar-refractivity contribution is 5.88. The Bertz CT molecular complexity index is 905. The van der Waals surface area contributed by atoms with Crippen LogP contribution in [0.25, 0.3) is 10.8 Å². The molecule has 3 aromatic carbocycles. The highest BCUT2D eigenvalue weighted by atomic mass is 17.4. The molecule has 1 aliphatic heterocycles. The van der Waals surface area contributed by atoms with Crippen molar-refractivity contribution < 1.29 is 24.6 Å². The number of benzene rings is 3. The lowest BCUT2D eigenvalue weighted by Crippen LogP contribution is -2.15. The van der Waals surface area contributed by atoms with Crippen LogP contribution in [-0.4, -0.2) is 11.1 Å². The molecule has 1 heterocycles. The molecule has 0 amide bonds. The largest absolute Gasteiger partial charge is 0.478 e. The Morgan fingerprint density at radius 3 is 2.67 bits per heavy atom. The number of fused-ring (bicyclic) bond motifs is 1. The smallest absolute Gasteiger partial charge is 0.335 e. The summed E-state index contributed by atoms with van der Waals surface area (Å²) in [4.78, 5) is 27.1. The van der Waals surface area contributed by atoms with Crippen LogP contribution in [0, 0.1) is 0 Å². The second kappa shape index (κ2) is 5.93. The van der Waals surface area contributed by atoms with E-state index in [0.717, 1.165) is 21.6 Å². The van der Waals surface area contributed by atoms with E-state index < -0.39 is 12.3 Å². The van der Waals surface area contributed by atoms with Crippen molar-refractivity contribution in [3.05, 3.63) is 77.9 Å². The molecule has 24 heavy (non-hydrogen) atoms. The van der Waals surface area contributed by atoms with Crippen LogP contribution in [0.1, 0.15) is 22.2 Å². The van der Waals surface area contributed by atoms with E-state index in [4.69, 9.17) is 19.8 Å². The van der Waals surface area contributed by atoms with E-state index in [9.17, 15) is 4.79 Å². The zero-order valence-electron chi connectivity index (χ0n) is 12.5. The summed E-state index contributed by atoms with van der Waals surface area (Å²) in [7, 11) is 0. The van der Waals surface area contributed by atoms with Crippen molar-refractivity contribution in [1.82, 2.24) is 0 Å². The Morgan fingerprint density at radius 2 is 1.79 bits per heavy atom. The second-order valence-corrected chi connectivity index (χ2v) is 5.29. The zero-order chi connectivity index (χ0) is 16.5. The van der Waals surface area contributed by atoms with Gasteiger partial charge in [-0.15, -0.1) is 0 Å². The number of anilines is 1. The van der Waals surface area contributed by atoms with Gasteiger partial charge in [0, 0.05) is 5.56 Å². The van der Waals surface area contributed by atoms with Gasteiger partial charge in [-0.3, -0.25) is 0 Å². The molecule has 1 atom stereocenters. The van der Waals surface area contributed by atoms with Gasteiger partial charge in [-0.25, -0.2) is 9.63 Å². The Balaban J connectivity index is 1.62. The first kappa shape index (κ1) is 14.6. The summed E-state index contributed by atoms with van der Waals surface area (Å²) < 4.78 is 0. The van der Waals surface area contributed by atoms with Crippen molar-refractivity contribution in [2.75, 3.05) is 5.23 Å². The Kier molecular flexibility index (Phi) is 3.62. The number of rotatable bonds is 3. The third-order valence-electron chi connectivity index (χ3n) is 3.77. The number of carboxylic acids is 1. The van der Waals surface area contributed by atoms with Crippen molar-refractivity contribution in [2.45, 2.75) is 6.29 Å². The fraction of sp³-hybridized carbons (Fsp3) is 0.0556. The van der Waals surface area contributed by atoms with Crippen LogP contribution in [0.15, 0.2) is 66.7 Å². The van der Waals surface area contributed by atoms with E-state index in [-0.39, 0.29) is 5.56 Å². The molecule has 1 aliphatic rings. The first-order valence-electron chi connectivity index (χ1n) is 7.34. The van der Waals surface area contributed by atoms with Crippen molar-refractivity contribution >= 4 is 22.4 Å². The first-order valence-corrected chi connectivity index (χ1v) is 7.34. The van der Waals surface area contributed by atoms with Crippen molar-refractivity contribution in [2.24, 2.45) is 0 Å². The number of hydrogen-bond donors (Lipinski definition) is 1. The standard InChI is InChI=1S/C18H13NO5/c20-17(21)13-7-3-8-14(11-13)19-22-18(23-24-19)16-10-4-6-12-5-1-2-9-15(12)16/h1-11,18H,(H,20,21). The number of carbonyl (C=O) groups is 1. The van der Waals surface area contributed by atoms with Crippen molar-refractivity contribution in [3.63, 3.8) is 0 Å². The minimum atomic E-state index is -1.03. The second-order valence-electron chi connectivity index (χ2n) is 5.29. The summed E-state index contributed by atoms with van der Waals surface area (Å²) in [5.41, 5.74) is 1.39. The lowest BCUT2D eigenvalue weighted by atomic mass is 10.0. The van der Waals surface area contributed by atoms with E-state index in [0.29, 0.717) is 5.69 Å². The minimum Gasteiger partial charge on any atom is -0.478 e. The first-order chi connectivity index (χ1) is 11.7. The Morgan fingerprint density at radius 1 is 1.00 bits per heavy atom. The number of carboxylic acid groups (broad SMARTS) is 1. The maximum Gasteiger partial charge on any atom is 0.335 e. The Labute approximate surface area is 137 Å². The molecular formula is C18H13NO5. The summed E-state index contributed by atoms with van der Waals surface area (Å²) in [6.07, 6.45) is -0.746. The predicted molar refractivity (Wildman–Crippen MR) is 85.8 cm³/mol. The highest BCUT2D eigenvalue weighted by Gasteiger charge is 2.30. The van der Waals surface area contributed by atoms with Gasteiger partial charge >= 0.3 is 5.97 Å². The van der Waals surface area contributed by atoms with Crippen LogP contribution in [-0.2, 0) is 14.7 Å². The maximum atomic E-state index is 11.1. The molecule has 120 valence electrons. The highest BCUT2D eigenvalue weighted by Crippen LogP contribution is 2.34. The van der Waals surface area contributed by atoms with Crippen LogP contribution >= 0.6 is 0 Å². The zero-order valence-corrected chi connectivity index (χ0v) is 12.5. The van der Waals surface area contributed by atoms with Crippen LogP contribution in [0.2, 0.25) is 0 Å². The summed E-state index contributed by atoms with van der Waals surface area (Å²) in [5.74, 6) is -1.03. The molecule has 6 heteroatoms. The normalized spacial score (nSPS) is 17.3. The monoisotopic (exact) mass is 323 g/mol. The van der Waals surface area contributed by atoms with Crippen LogP contribution in [0.3, 0.4) is 0 Å². The number of nitrogens with zero attached hydrogens (tertiary/aromatic N) is 1. The fourth-order valence-electron chi connectivity index (χ4n) is 2.62. The van der Waals surface area contributed by atoms with Crippen molar-refractivity contribution in [3.8, 4) is 0 Å². The van der Waals surface area contributed by atoms with Gasteiger partial charge in [-0.1, -0.05) is 58.7 Å². The van der Waals surface area contributed by atoms with E-state index in [1.54, 1.807) is 12.1 Å². The third-order valence-corrected chi connectivity index (χ3v) is 3.77. The molecule has 3 aromatic rings. The topological polar surface area (TPSA) is 68.2 Å². The van der Waals surface area contributed by atoms with E-state index in [2.05, 4.69) is 0 Å². The maximum absolute atomic E-state index is 11.1. The van der Waals surface area contributed by atoms with Gasteiger partial charge in [-0.05, 0) is 29.0 Å². The van der Waals surface area contributed by atoms with Gasteiger partial charge in [0.05, 0.1) is 11.3 Å². The fourth-order valence-corrected chi connectivity index (χ4v) is 2.62. The molecule has 0 aliphatic carbocycles. The lowest BCUT2D eigenvalue weighted by Gasteiger charge is -2.13. The van der Waals surface area contributed by atoms with Gasteiger partial charge in [0.25, 0.3) is 0 Å². The third kappa shape index (κ3) is 2.59. The molecule has 6 nitrogen and oxygen atoms in total. The van der Waals surface area contributed by atoms with Gasteiger partial charge in [-0.2, -0.15) is 4.89 Å². The average Bonchev–Trinajstić information content (AvgIpc) is 3.11. The van der Waals surface area contributed by atoms with Crippen molar-refractivity contribution in [1.29, 1.82) is 0 Å². The van der Waals surface area contributed by atoms with Crippen LogP contribution in [0.5, 0.6) is 0 Å². The minimum absolute atomic E-state index is 0.133. The molecule has 1 fully saturated rings. The van der Waals surface area contributed by atoms with Gasteiger partial charge in [0.15, 0.2) is 0 Å². The molecule has 1 unspecified atom stereocenters. The molecule has 0 saturated carbocycles. The Hall–Kier alpha value is -2.93. The van der Waals surface area contributed by atoms with Gasteiger partial charge in [0.1, 0.15) is 0 Å². The molecule has 0 spiro atoms.